The number of ether oxygens (including phenoxy) is 2. The second-order valence-electron chi connectivity index (χ2n) is 6.17. The first-order chi connectivity index (χ1) is 13.0. The third kappa shape index (κ3) is 3.60. The predicted molar refractivity (Wildman–Crippen MR) is 100 cm³/mol. The summed E-state index contributed by atoms with van der Waals surface area (Å²) in [5.74, 6) is 2.21. The largest absolute Gasteiger partial charge is 0.490 e. The highest BCUT2D eigenvalue weighted by Crippen LogP contribution is 2.39. The minimum atomic E-state index is -0.361. The lowest BCUT2D eigenvalue weighted by molar-refractivity contribution is 0.0911. The molecule has 2 aromatic heterocycles. The van der Waals surface area contributed by atoms with Crippen molar-refractivity contribution in [2.45, 2.75) is 40.7 Å². The molecular formula is C19H24N4O4. The van der Waals surface area contributed by atoms with Gasteiger partial charge in [-0.15, -0.1) is 0 Å². The van der Waals surface area contributed by atoms with Crippen LogP contribution in [0.5, 0.6) is 11.5 Å². The topological polar surface area (TPSA) is 102 Å². The second kappa shape index (κ2) is 7.69. The van der Waals surface area contributed by atoms with Crippen LogP contribution in [-0.4, -0.2) is 34.3 Å². The molecule has 8 nitrogen and oxygen atoms in total. The van der Waals surface area contributed by atoms with E-state index in [4.69, 9.17) is 13.9 Å². The third-order valence-electron chi connectivity index (χ3n) is 4.17. The molecular weight excluding hydrogens is 348 g/mol. The number of nitrogens with one attached hydrogen (secondary N) is 2. The van der Waals surface area contributed by atoms with Crippen LogP contribution in [0.25, 0.3) is 11.0 Å². The van der Waals surface area contributed by atoms with Gasteiger partial charge in [-0.3, -0.25) is 9.89 Å². The molecule has 0 saturated heterocycles. The molecule has 0 unspecified atom stereocenters. The summed E-state index contributed by atoms with van der Waals surface area (Å²) in [6.07, 6.45) is 0. The van der Waals surface area contributed by atoms with Gasteiger partial charge in [-0.05, 0) is 46.8 Å². The molecule has 27 heavy (non-hydrogen) atoms. The van der Waals surface area contributed by atoms with Crippen LogP contribution in [-0.2, 0) is 0 Å². The number of furan rings is 1. The number of nitrogens with zero attached hydrogens (tertiary/aromatic N) is 2. The SMILES string of the molecule is CCOc1ccc2c(C)c(C(=O)N[C@@H](C)c3n[nH]c(C)n3)oc2c1OCC. The summed E-state index contributed by atoms with van der Waals surface area (Å²) in [6, 6.07) is 3.35. The number of rotatable bonds is 7. The van der Waals surface area contributed by atoms with Gasteiger partial charge in [-0.2, -0.15) is 5.10 Å². The first-order valence-corrected chi connectivity index (χ1v) is 8.97. The normalized spacial score (nSPS) is 12.2. The molecule has 0 radical (unpaired) electrons. The number of H-pyrrole nitrogens is 1. The van der Waals surface area contributed by atoms with E-state index in [2.05, 4.69) is 20.5 Å². The first kappa shape index (κ1) is 18.8. The molecule has 1 atom stereocenters. The minimum Gasteiger partial charge on any atom is -0.490 e. The van der Waals surface area contributed by atoms with E-state index in [0.29, 0.717) is 41.9 Å². The summed E-state index contributed by atoms with van der Waals surface area (Å²) in [6.45, 7) is 10.2. The fourth-order valence-electron chi connectivity index (χ4n) is 2.89. The lowest BCUT2D eigenvalue weighted by atomic mass is 10.1. The van der Waals surface area contributed by atoms with Crippen molar-refractivity contribution in [3.05, 3.63) is 35.1 Å². The van der Waals surface area contributed by atoms with Crippen LogP contribution >= 0.6 is 0 Å². The van der Waals surface area contributed by atoms with E-state index in [0.717, 1.165) is 10.9 Å². The van der Waals surface area contributed by atoms with Crippen molar-refractivity contribution in [1.82, 2.24) is 20.5 Å². The van der Waals surface area contributed by atoms with Gasteiger partial charge in [0.15, 0.2) is 22.9 Å². The quantitative estimate of drug-likeness (QED) is 0.658. The number of aryl methyl sites for hydroxylation is 2. The molecule has 0 spiro atoms. The molecule has 8 heteroatoms. The van der Waals surface area contributed by atoms with E-state index >= 15 is 0 Å². The summed E-state index contributed by atoms with van der Waals surface area (Å²) in [5, 5.41) is 10.5. The van der Waals surface area contributed by atoms with Crippen molar-refractivity contribution >= 4 is 16.9 Å². The average Bonchev–Trinajstić information content (AvgIpc) is 3.21. The zero-order chi connectivity index (χ0) is 19.6. The van der Waals surface area contributed by atoms with Gasteiger partial charge in [-0.25, -0.2) is 4.98 Å². The van der Waals surface area contributed by atoms with Crippen LogP contribution in [0.3, 0.4) is 0 Å². The fraction of sp³-hybridized carbons (Fsp3) is 0.421. The van der Waals surface area contributed by atoms with Gasteiger partial charge < -0.3 is 19.2 Å². The molecule has 2 N–H and O–H groups in total. The van der Waals surface area contributed by atoms with Crippen molar-refractivity contribution in [3.63, 3.8) is 0 Å². The Morgan fingerprint density at radius 3 is 2.63 bits per heavy atom. The number of hydrogen-bond donors (Lipinski definition) is 2. The molecule has 0 aliphatic heterocycles. The number of aromatic nitrogens is 3. The molecule has 0 fully saturated rings. The van der Waals surface area contributed by atoms with E-state index in [1.54, 1.807) is 6.92 Å². The number of carbonyl (C=O) groups is 1. The van der Waals surface area contributed by atoms with Crippen LogP contribution in [0.1, 0.15) is 54.6 Å². The summed E-state index contributed by atoms with van der Waals surface area (Å²) < 4.78 is 17.3. The molecule has 3 aromatic rings. The Labute approximate surface area is 157 Å². The van der Waals surface area contributed by atoms with E-state index in [1.807, 2.05) is 39.8 Å². The number of carbonyl (C=O) groups excluding carboxylic acids is 1. The standard InChI is InChI=1S/C19H24N4O4/c1-6-25-14-9-8-13-10(3)15(27-16(13)17(14)26-7-2)19(24)20-11(4)18-21-12(5)22-23-18/h8-9,11H,6-7H2,1-5H3,(H,20,24)(H,21,22,23)/t11-/m0/s1. The van der Waals surface area contributed by atoms with Crippen LogP contribution in [0.4, 0.5) is 0 Å². The highest BCUT2D eigenvalue weighted by Gasteiger charge is 2.24. The maximum Gasteiger partial charge on any atom is 0.287 e. The maximum absolute atomic E-state index is 12.8. The van der Waals surface area contributed by atoms with Crippen molar-refractivity contribution in [2.75, 3.05) is 13.2 Å². The zero-order valence-electron chi connectivity index (χ0n) is 16.2. The predicted octanol–water partition coefficient (Wildman–Crippen LogP) is 3.46. The zero-order valence-corrected chi connectivity index (χ0v) is 16.2. The third-order valence-corrected chi connectivity index (χ3v) is 4.17. The van der Waals surface area contributed by atoms with Crippen LogP contribution in [0.15, 0.2) is 16.5 Å². The molecule has 0 aliphatic carbocycles. The van der Waals surface area contributed by atoms with Crippen molar-refractivity contribution in [2.24, 2.45) is 0 Å². The Balaban J connectivity index is 1.95. The van der Waals surface area contributed by atoms with Crippen molar-refractivity contribution in [3.8, 4) is 11.5 Å². The number of amides is 1. The van der Waals surface area contributed by atoms with Gasteiger partial charge in [-0.1, -0.05) is 0 Å². The van der Waals surface area contributed by atoms with Gasteiger partial charge in [0.05, 0.1) is 19.3 Å². The highest BCUT2D eigenvalue weighted by molar-refractivity contribution is 6.01. The van der Waals surface area contributed by atoms with Gasteiger partial charge >= 0.3 is 0 Å². The molecule has 1 aromatic carbocycles. The molecule has 144 valence electrons. The van der Waals surface area contributed by atoms with Crippen LogP contribution < -0.4 is 14.8 Å². The molecule has 0 bridgehead atoms. The summed E-state index contributed by atoms with van der Waals surface area (Å²) >= 11 is 0. The van der Waals surface area contributed by atoms with E-state index < -0.39 is 0 Å². The number of benzene rings is 1. The van der Waals surface area contributed by atoms with Crippen molar-refractivity contribution < 1.29 is 18.7 Å². The Morgan fingerprint density at radius 2 is 2.00 bits per heavy atom. The van der Waals surface area contributed by atoms with E-state index in [1.165, 1.54) is 0 Å². The average molecular weight is 372 g/mol. The molecule has 1 amide bonds. The Bertz CT molecular complexity index is 960. The van der Waals surface area contributed by atoms with Gasteiger partial charge in [0, 0.05) is 10.9 Å². The second-order valence-corrected chi connectivity index (χ2v) is 6.17. The first-order valence-electron chi connectivity index (χ1n) is 8.97. The Morgan fingerprint density at radius 1 is 1.26 bits per heavy atom. The van der Waals surface area contributed by atoms with Gasteiger partial charge in [0.2, 0.25) is 5.75 Å². The Hall–Kier alpha value is -3.03. The number of hydrogen-bond acceptors (Lipinski definition) is 6. The van der Waals surface area contributed by atoms with E-state index in [-0.39, 0.29) is 17.7 Å². The summed E-state index contributed by atoms with van der Waals surface area (Å²) in [4.78, 5) is 17.0. The lowest BCUT2D eigenvalue weighted by Gasteiger charge is -2.10. The van der Waals surface area contributed by atoms with E-state index in [9.17, 15) is 4.79 Å². The highest BCUT2D eigenvalue weighted by atomic mass is 16.5. The van der Waals surface area contributed by atoms with Gasteiger partial charge in [0.25, 0.3) is 5.91 Å². The summed E-state index contributed by atoms with van der Waals surface area (Å²) in [7, 11) is 0. The van der Waals surface area contributed by atoms with Crippen LogP contribution in [0, 0.1) is 13.8 Å². The molecule has 0 saturated carbocycles. The monoisotopic (exact) mass is 372 g/mol. The summed E-state index contributed by atoms with van der Waals surface area (Å²) in [5.41, 5.74) is 1.25. The van der Waals surface area contributed by atoms with Crippen molar-refractivity contribution in [1.29, 1.82) is 0 Å². The molecule has 2 heterocycles. The Kier molecular flexibility index (Phi) is 5.34. The maximum atomic E-state index is 12.8. The fourth-order valence-corrected chi connectivity index (χ4v) is 2.89. The minimum absolute atomic E-state index is 0.235. The molecule has 0 aliphatic rings. The lowest BCUT2D eigenvalue weighted by Crippen LogP contribution is -2.27. The number of aromatic amines is 1. The van der Waals surface area contributed by atoms with Gasteiger partial charge in [0.1, 0.15) is 5.82 Å². The number of fused-ring (bicyclic) bond motifs is 1. The smallest absolute Gasteiger partial charge is 0.287 e. The van der Waals surface area contributed by atoms with Crippen LogP contribution in [0.2, 0.25) is 0 Å². The molecule has 3 rings (SSSR count).